The molecular weight excluding hydrogens is 254 g/mol. The second-order valence-corrected chi connectivity index (χ2v) is 3.86. The maximum Gasteiger partial charge on any atom is 0.335 e. The van der Waals surface area contributed by atoms with E-state index in [0.717, 1.165) is 6.07 Å². The van der Waals surface area contributed by atoms with Crippen LogP contribution in [0.15, 0.2) is 36.4 Å². The van der Waals surface area contributed by atoms with Crippen molar-refractivity contribution in [2.75, 3.05) is 7.11 Å². The highest BCUT2D eigenvalue weighted by atomic mass is 19.2. The average Bonchev–Trinajstić information content (AvgIpc) is 2.41. The topological polar surface area (TPSA) is 46.5 Å². The zero-order valence-electron chi connectivity index (χ0n) is 9.98. The summed E-state index contributed by atoms with van der Waals surface area (Å²) in [6.07, 6.45) is 0. The third kappa shape index (κ3) is 2.54. The molecule has 98 valence electrons. The van der Waals surface area contributed by atoms with Gasteiger partial charge < -0.3 is 9.84 Å². The van der Waals surface area contributed by atoms with Crippen molar-refractivity contribution in [3.8, 4) is 16.9 Å². The number of carbonyl (C=O) groups is 1. The summed E-state index contributed by atoms with van der Waals surface area (Å²) in [6, 6.07) is 8.06. The molecule has 0 aliphatic carbocycles. The highest BCUT2D eigenvalue weighted by molar-refractivity contribution is 5.89. The molecule has 0 aliphatic heterocycles. The standard InChI is InChI=1S/C14H10F2O3/c1-19-10-4-2-3-8(5-10)11-6-9(14(17)18)7-12(15)13(11)16/h2-7H,1H3,(H,17,18). The van der Waals surface area contributed by atoms with Crippen LogP contribution in [0.1, 0.15) is 10.4 Å². The van der Waals surface area contributed by atoms with Crippen LogP contribution in [0.3, 0.4) is 0 Å². The lowest BCUT2D eigenvalue weighted by Gasteiger charge is -2.08. The van der Waals surface area contributed by atoms with E-state index < -0.39 is 17.6 Å². The second kappa shape index (κ2) is 5.06. The van der Waals surface area contributed by atoms with Gasteiger partial charge in [-0.25, -0.2) is 13.6 Å². The molecular formula is C14H10F2O3. The van der Waals surface area contributed by atoms with E-state index in [1.165, 1.54) is 13.2 Å². The number of benzene rings is 2. The van der Waals surface area contributed by atoms with Crippen molar-refractivity contribution < 1.29 is 23.4 Å². The van der Waals surface area contributed by atoms with Crippen molar-refractivity contribution in [2.24, 2.45) is 0 Å². The molecule has 0 amide bonds. The number of carboxylic acids is 1. The minimum Gasteiger partial charge on any atom is -0.497 e. The fourth-order valence-electron chi connectivity index (χ4n) is 1.71. The third-order valence-corrected chi connectivity index (χ3v) is 2.66. The highest BCUT2D eigenvalue weighted by Crippen LogP contribution is 2.28. The summed E-state index contributed by atoms with van der Waals surface area (Å²) in [5.74, 6) is -3.13. The van der Waals surface area contributed by atoms with Crippen LogP contribution in [0.4, 0.5) is 8.78 Å². The van der Waals surface area contributed by atoms with Crippen LogP contribution in [0, 0.1) is 11.6 Å². The van der Waals surface area contributed by atoms with Crippen molar-refractivity contribution in [1.82, 2.24) is 0 Å². The number of hydrogen-bond acceptors (Lipinski definition) is 2. The Hall–Kier alpha value is -2.43. The van der Waals surface area contributed by atoms with Gasteiger partial charge in [0.15, 0.2) is 11.6 Å². The number of ether oxygens (including phenoxy) is 1. The second-order valence-electron chi connectivity index (χ2n) is 3.86. The lowest BCUT2D eigenvalue weighted by molar-refractivity contribution is 0.0696. The largest absolute Gasteiger partial charge is 0.497 e. The average molecular weight is 264 g/mol. The Kier molecular flexibility index (Phi) is 3.46. The van der Waals surface area contributed by atoms with E-state index in [-0.39, 0.29) is 11.1 Å². The summed E-state index contributed by atoms with van der Waals surface area (Å²) in [4.78, 5) is 10.9. The van der Waals surface area contributed by atoms with Crippen molar-refractivity contribution in [1.29, 1.82) is 0 Å². The molecule has 5 heteroatoms. The predicted molar refractivity (Wildman–Crippen MR) is 65.3 cm³/mol. The predicted octanol–water partition coefficient (Wildman–Crippen LogP) is 3.34. The van der Waals surface area contributed by atoms with Gasteiger partial charge in [-0.1, -0.05) is 12.1 Å². The first-order chi connectivity index (χ1) is 9.02. The summed E-state index contributed by atoms with van der Waals surface area (Å²) >= 11 is 0. The molecule has 2 aromatic rings. The number of aromatic carboxylic acids is 1. The molecule has 0 aromatic heterocycles. The maximum absolute atomic E-state index is 13.8. The first kappa shape index (κ1) is 13.0. The first-order valence-corrected chi connectivity index (χ1v) is 5.39. The SMILES string of the molecule is COc1cccc(-c2cc(C(=O)O)cc(F)c2F)c1. The van der Waals surface area contributed by atoms with Gasteiger partial charge in [0.05, 0.1) is 12.7 Å². The molecule has 0 aliphatic rings. The molecule has 0 saturated carbocycles. The highest BCUT2D eigenvalue weighted by Gasteiger charge is 2.16. The summed E-state index contributed by atoms with van der Waals surface area (Å²) in [5, 5.41) is 8.86. The zero-order valence-corrected chi connectivity index (χ0v) is 9.98. The Morgan fingerprint density at radius 1 is 1.21 bits per heavy atom. The molecule has 0 spiro atoms. The van der Waals surface area contributed by atoms with Crippen molar-refractivity contribution in [3.63, 3.8) is 0 Å². The van der Waals surface area contributed by atoms with Gasteiger partial charge in [-0.05, 0) is 29.8 Å². The number of methoxy groups -OCH3 is 1. The maximum atomic E-state index is 13.8. The summed E-state index contributed by atoms with van der Waals surface area (Å²) in [6.45, 7) is 0. The fourth-order valence-corrected chi connectivity index (χ4v) is 1.71. The van der Waals surface area contributed by atoms with E-state index in [9.17, 15) is 13.6 Å². The minimum atomic E-state index is -1.32. The molecule has 3 nitrogen and oxygen atoms in total. The van der Waals surface area contributed by atoms with Gasteiger partial charge in [0.2, 0.25) is 0 Å². The van der Waals surface area contributed by atoms with Gasteiger partial charge in [0.1, 0.15) is 5.75 Å². The van der Waals surface area contributed by atoms with Crippen molar-refractivity contribution in [2.45, 2.75) is 0 Å². The fraction of sp³-hybridized carbons (Fsp3) is 0.0714. The molecule has 19 heavy (non-hydrogen) atoms. The molecule has 0 heterocycles. The number of rotatable bonds is 3. The molecule has 1 N–H and O–H groups in total. The Labute approximate surface area is 108 Å². The van der Waals surface area contributed by atoms with Crippen LogP contribution >= 0.6 is 0 Å². The Morgan fingerprint density at radius 2 is 1.95 bits per heavy atom. The van der Waals surface area contributed by atoms with E-state index in [1.54, 1.807) is 18.2 Å². The Morgan fingerprint density at radius 3 is 2.58 bits per heavy atom. The lowest BCUT2D eigenvalue weighted by Crippen LogP contribution is -2.00. The van der Waals surface area contributed by atoms with E-state index in [0.29, 0.717) is 17.4 Å². The molecule has 0 fully saturated rings. The van der Waals surface area contributed by atoms with Gasteiger partial charge in [0, 0.05) is 5.56 Å². The number of carboxylic acid groups (broad SMARTS) is 1. The zero-order chi connectivity index (χ0) is 14.0. The molecule has 2 aromatic carbocycles. The van der Waals surface area contributed by atoms with Crippen molar-refractivity contribution in [3.05, 3.63) is 53.6 Å². The molecule has 0 unspecified atom stereocenters. The van der Waals surface area contributed by atoms with Crippen molar-refractivity contribution >= 4 is 5.97 Å². The molecule has 0 saturated heterocycles. The number of halogens is 2. The van der Waals surface area contributed by atoms with Gasteiger partial charge >= 0.3 is 5.97 Å². The smallest absolute Gasteiger partial charge is 0.335 e. The van der Waals surface area contributed by atoms with Crippen LogP contribution in [-0.4, -0.2) is 18.2 Å². The monoisotopic (exact) mass is 264 g/mol. The normalized spacial score (nSPS) is 10.3. The van der Waals surface area contributed by atoms with E-state index >= 15 is 0 Å². The Bertz CT molecular complexity index is 639. The lowest BCUT2D eigenvalue weighted by atomic mass is 10.0. The number of hydrogen-bond donors (Lipinski definition) is 1. The quantitative estimate of drug-likeness (QED) is 0.924. The molecule has 2 rings (SSSR count). The minimum absolute atomic E-state index is 0.115. The van der Waals surface area contributed by atoms with Gasteiger partial charge in [0.25, 0.3) is 0 Å². The molecule has 0 atom stereocenters. The molecule has 0 bridgehead atoms. The van der Waals surface area contributed by atoms with E-state index in [1.807, 2.05) is 0 Å². The van der Waals surface area contributed by atoms with E-state index in [2.05, 4.69) is 0 Å². The van der Waals surface area contributed by atoms with Gasteiger partial charge in [-0.2, -0.15) is 0 Å². The van der Waals surface area contributed by atoms with Crippen LogP contribution in [0.2, 0.25) is 0 Å². The summed E-state index contributed by atoms with van der Waals surface area (Å²) in [5.41, 5.74) is -0.0770. The van der Waals surface area contributed by atoms with Crippen LogP contribution in [0.25, 0.3) is 11.1 Å². The summed E-state index contributed by atoms with van der Waals surface area (Å²) < 4.78 is 32.1. The van der Waals surface area contributed by atoms with Gasteiger partial charge in [-0.3, -0.25) is 0 Å². The molecule has 0 radical (unpaired) electrons. The third-order valence-electron chi connectivity index (χ3n) is 2.66. The van der Waals surface area contributed by atoms with Crippen LogP contribution in [0.5, 0.6) is 5.75 Å². The Balaban J connectivity index is 2.63. The van der Waals surface area contributed by atoms with Crippen LogP contribution in [-0.2, 0) is 0 Å². The summed E-state index contributed by atoms with van der Waals surface area (Å²) in [7, 11) is 1.45. The van der Waals surface area contributed by atoms with Gasteiger partial charge in [-0.15, -0.1) is 0 Å². The van der Waals surface area contributed by atoms with E-state index in [4.69, 9.17) is 9.84 Å². The first-order valence-electron chi connectivity index (χ1n) is 5.39. The van der Waals surface area contributed by atoms with Crippen LogP contribution < -0.4 is 4.74 Å².